The highest BCUT2D eigenvalue weighted by Gasteiger charge is 2.19. The summed E-state index contributed by atoms with van der Waals surface area (Å²) in [6, 6.07) is 8.38. The van der Waals surface area contributed by atoms with E-state index in [9.17, 15) is 5.26 Å². The molecule has 4 heteroatoms. The quantitative estimate of drug-likeness (QED) is 0.903. The van der Waals surface area contributed by atoms with Crippen LogP contribution in [0.5, 0.6) is 5.75 Å². The fourth-order valence-electron chi connectivity index (χ4n) is 2.61. The Hall–Kier alpha value is -1.73. The van der Waals surface area contributed by atoms with Crippen LogP contribution in [0.15, 0.2) is 18.2 Å². The molecule has 1 aliphatic rings. The van der Waals surface area contributed by atoms with Gasteiger partial charge < -0.3 is 15.0 Å². The Morgan fingerprint density at radius 3 is 2.95 bits per heavy atom. The molecule has 1 aromatic rings. The van der Waals surface area contributed by atoms with E-state index in [2.05, 4.69) is 23.3 Å². The van der Waals surface area contributed by atoms with Crippen LogP contribution in [0.25, 0.3) is 0 Å². The Bertz CT molecular complexity index is 459. The van der Waals surface area contributed by atoms with Gasteiger partial charge >= 0.3 is 0 Å². The zero-order valence-electron chi connectivity index (χ0n) is 11.6. The van der Waals surface area contributed by atoms with E-state index in [1.807, 2.05) is 18.2 Å². The Balaban J connectivity index is 2.25. The van der Waals surface area contributed by atoms with E-state index < -0.39 is 0 Å². The maximum absolute atomic E-state index is 9.26. The molecular formula is C15H21N3O. The molecule has 0 aliphatic carbocycles. The molecule has 0 spiro atoms. The van der Waals surface area contributed by atoms with Gasteiger partial charge in [-0.25, -0.2) is 0 Å². The van der Waals surface area contributed by atoms with Gasteiger partial charge in [-0.1, -0.05) is 0 Å². The third-order valence-corrected chi connectivity index (χ3v) is 3.80. The SMILES string of the molecule is COc1ccc(C#N)c(N(C)C2CCCNCC2)c1. The van der Waals surface area contributed by atoms with Gasteiger partial charge in [0.05, 0.1) is 18.4 Å². The number of rotatable bonds is 3. The summed E-state index contributed by atoms with van der Waals surface area (Å²) in [4.78, 5) is 2.23. The summed E-state index contributed by atoms with van der Waals surface area (Å²) in [7, 11) is 3.73. The third kappa shape index (κ3) is 3.18. The van der Waals surface area contributed by atoms with Gasteiger partial charge in [-0.3, -0.25) is 0 Å². The number of ether oxygens (including phenoxy) is 1. The summed E-state index contributed by atoms with van der Waals surface area (Å²) in [6.45, 7) is 2.13. The van der Waals surface area contributed by atoms with Gasteiger partial charge in [-0.15, -0.1) is 0 Å². The van der Waals surface area contributed by atoms with Crippen molar-refractivity contribution >= 4 is 5.69 Å². The van der Waals surface area contributed by atoms with Crippen molar-refractivity contribution in [3.8, 4) is 11.8 Å². The van der Waals surface area contributed by atoms with E-state index in [4.69, 9.17) is 4.74 Å². The first-order valence-corrected chi connectivity index (χ1v) is 6.78. The molecule has 1 fully saturated rings. The summed E-state index contributed by atoms with van der Waals surface area (Å²) in [5.41, 5.74) is 1.68. The maximum Gasteiger partial charge on any atom is 0.121 e. The molecular weight excluding hydrogens is 238 g/mol. The van der Waals surface area contributed by atoms with Crippen molar-refractivity contribution in [2.24, 2.45) is 0 Å². The van der Waals surface area contributed by atoms with Gasteiger partial charge in [0.2, 0.25) is 0 Å². The number of methoxy groups -OCH3 is 1. The molecule has 102 valence electrons. The number of nitrogens with zero attached hydrogens (tertiary/aromatic N) is 2. The van der Waals surface area contributed by atoms with Crippen molar-refractivity contribution in [2.75, 3.05) is 32.1 Å². The zero-order valence-corrected chi connectivity index (χ0v) is 11.6. The lowest BCUT2D eigenvalue weighted by molar-refractivity contribution is 0.414. The van der Waals surface area contributed by atoms with Crippen LogP contribution in [0, 0.1) is 11.3 Å². The van der Waals surface area contributed by atoms with Crippen LogP contribution in [-0.4, -0.2) is 33.3 Å². The largest absolute Gasteiger partial charge is 0.497 e. The van der Waals surface area contributed by atoms with Gasteiger partial charge in [0, 0.05) is 19.2 Å². The van der Waals surface area contributed by atoms with Crippen molar-refractivity contribution in [3.05, 3.63) is 23.8 Å². The molecule has 4 nitrogen and oxygen atoms in total. The summed E-state index contributed by atoms with van der Waals surface area (Å²) in [6.07, 6.45) is 3.45. The zero-order chi connectivity index (χ0) is 13.7. The van der Waals surface area contributed by atoms with E-state index >= 15 is 0 Å². The number of nitrogens with one attached hydrogen (secondary N) is 1. The lowest BCUT2D eigenvalue weighted by Gasteiger charge is -2.30. The molecule has 1 aromatic carbocycles. The van der Waals surface area contributed by atoms with Crippen LogP contribution in [0.1, 0.15) is 24.8 Å². The minimum Gasteiger partial charge on any atom is -0.497 e. The normalized spacial score (nSPS) is 19.3. The first-order valence-electron chi connectivity index (χ1n) is 6.78. The first-order chi connectivity index (χ1) is 9.26. The maximum atomic E-state index is 9.26. The number of hydrogen-bond acceptors (Lipinski definition) is 4. The van der Waals surface area contributed by atoms with E-state index in [-0.39, 0.29) is 0 Å². The predicted molar refractivity (Wildman–Crippen MR) is 76.6 cm³/mol. The van der Waals surface area contributed by atoms with Gasteiger partial charge in [0.1, 0.15) is 11.8 Å². The molecule has 1 atom stereocenters. The molecule has 0 saturated carbocycles. The predicted octanol–water partition coefficient (Wildman–Crippen LogP) is 2.15. The molecule has 2 rings (SSSR count). The van der Waals surface area contributed by atoms with Crippen molar-refractivity contribution in [2.45, 2.75) is 25.3 Å². The number of nitriles is 1. The number of benzene rings is 1. The topological polar surface area (TPSA) is 48.3 Å². The molecule has 1 N–H and O–H groups in total. The van der Waals surface area contributed by atoms with Crippen LogP contribution in [0.3, 0.4) is 0 Å². The second-order valence-electron chi connectivity index (χ2n) is 4.94. The van der Waals surface area contributed by atoms with E-state index in [0.717, 1.165) is 37.4 Å². The van der Waals surface area contributed by atoms with Crippen molar-refractivity contribution in [3.63, 3.8) is 0 Å². The molecule has 1 heterocycles. The Morgan fingerprint density at radius 1 is 1.37 bits per heavy atom. The second-order valence-corrected chi connectivity index (χ2v) is 4.94. The Kier molecular flexibility index (Phi) is 4.64. The van der Waals surface area contributed by atoms with Gasteiger partial charge in [-0.05, 0) is 44.5 Å². The van der Waals surface area contributed by atoms with Gasteiger partial charge in [0.25, 0.3) is 0 Å². The highest BCUT2D eigenvalue weighted by molar-refractivity contribution is 5.62. The highest BCUT2D eigenvalue weighted by Crippen LogP contribution is 2.28. The fraction of sp³-hybridized carbons (Fsp3) is 0.533. The minimum absolute atomic E-state index is 0.481. The van der Waals surface area contributed by atoms with Crippen LogP contribution in [0.4, 0.5) is 5.69 Å². The molecule has 1 unspecified atom stereocenters. The van der Waals surface area contributed by atoms with Crippen LogP contribution in [0.2, 0.25) is 0 Å². The lowest BCUT2D eigenvalue weighted by Crippen LogP contribution is -2.32. The van der Waals surface area contributed by atoms with Gasteiger partial charge in [-0.2, -0.15) is 5.26 Å². The summed E-state index contributed by atoms with van der Waals surface area (Å²) in [5, 5.41) is 12.7. The van der Waals surface area contributed by atoms with Crippen LogP contribution in [-0.2, 0) is 0 Å². The summed E-state index contributed by atoms with van der Waals surface area (Å²) in [5.74, 6) is 0.799. The van der Waals surface area contributed by atoms with E-state index in [1.165, 1.54) is 6.42 Å². The standard InChI is InChI=1S/C15H21N3O/c1-18(13-4-3-8-17-9-7-13)15-10-14(19-2)6-5-12(15)11-16/h5-6,10,13,17H,3-4,7-9H2,1-2H3. The molecule has 0 aromatic heterocycles. The first kappa shape index (κ1) is 13.7. The van der Waals surface area contributed by atoms with E-state index in [0.29, 0.717) is 11.6 Å². The molecule has 0 amide bonds. The second kappa shape index (κ2) is 6.44. The monoisotopic (exact) mass is 259 g/mol. The average Bonchev–Trinajstić information content (AvgIpc) is 2.74. The third-order valence-electron chi connectivity index (χ3n) is 3.80. The fourth-order valence-corrected chi connectivity index (χ4v) is 2.61. The van der Waals surface area contributed by atoms with Crippen LogP contribution < -0.4 is 15.0 Å². The molecule has 19 heavy (non-hydrogen) atoms. The lowest BCUT2D eigenvalue weighted by atomic mass is 10.1. The van der Waals surface area contributed by atoms with Crippen molar-refractivity contribution in [1.29, 1.82) is 5.26 Å². The molecule has 1 saturated heterocycles. The summed E-state index contributed by atoms with van der Waals surface area (Å²) >= 11 is 0. The smallest absolute Gasteiger partial charge is 0.121 e. The molecule has 1 aliphatic heterocycles. The van der Waals surface area contributed by atoms with Crippen molar-refractivity contribution < 1.29 is 4.74 Å². The Morgan fingerprint density at radius 2 is 2.21 bits per heavy atom. The van der Waals surface area contributed by atoms with Gasteiger partial charge in [0.15, 0.2) is 0 Å². The van der Waals surface area contributed by atoms with Crippen LogP contribution >= 0.6 is 0 Å². The van der Waals surface area contributed by atoms with Crippen molar-refractivity contribution in [1.82, 2.24) is 5.32 Å². The highest BCUT2D eigenvalue weighted by atomic mass is 16.5. The minimum atomic E-state index is 0.481. The number of hydrogen-bond donors (Lipinski definition) is 1. The average molecular weight is 259 g/mol. The molecule has 0 bridgehead atoms. The summed E-state index contributed by atoms with van der Waals surface area (Å²) < 4.78 is 5.27. The number of anilines is 1. The van der Waals surface area contributed by atoms with E-state index in [1.54, 1.807) is 7.11 Å². The Labute approximate surface area is 115 Å². The molecule has 0 radical (unpaired) electrons.